The molecule has 1 fully saturated rings. The molecule has 0 saturated carbocycles. The molecule has 1 aliphatic rings. The largest absolute Gasteiger partial charge is 0.339 e. The number of hydrogen-bond donors (Lipinski definition) is 1. The highest BCUT2D eigenvalue weighted by atomic mass is 35.5. The highest BCUT2D eigenvalue weighted by Gasteiger charge is 2.29. The predicted octanol–water partition coefficient (Wildman–Crippen LogP) is 5.36. The normalized spacial score (nSPS) is 14.8. The van der Waals surface area contributed by atoms with Crippen LogP contribution in [0.2, 0.25) is 10.0 Å². The topological polar surface area (TPSA) is 49.4 Å². The average Bonchev–Trinajstić information content (AvgIpc) is 2.69. The van der Waals surface area contributed by atoms with Crippen LogP contribution in [0.5, 0.6) is 0 Å². The third-order valence-electron chi connectivity index (χ3n) is 5.30. The van der Waals surface area contributed by atoms with E-state index < -0.39 is 0 Å². The lowest BCUT2D eigenvalue weighted by Crippen LogP contribution is -2.41. The van der Waals surface area contributed by atoms with Crippen LogP contribution in [0, 0.1) is 12.8 Å². The van der Waals surface area contributed by atoms with Gasteiger partial charge in [-0.05, 0) is 55.5 Å². The van der Waals surface area contributed by atoms with Crippen LogP contribution in [0.3, 0.4) is 0 Å². The standard InChI is InChI=1S/C22H24Cl2N2O2/c1-3-15-6-4-5-14(2)20(15)25-21(27)16-9-11-26(12-10-16)22(28)18-8-7-17(23)13-19(18)24/h4-8,13,16H,3,9-12H2,1-2H3,(H,25,27). The van der Waals surface area contributed by atoms with Crippen molar-refractivity contribution < 1.29 is 9.59 Å². The number of rotatable bonds is 4. The number of carbonyl (C=O) groups excluding carboxylic acids is 2. The second kappa shape index (κ2) is 8.97. The summed E-state index contributed by atoms with van der Waals surface area (Å²) in [7, 11) is 0. The van der Waals surface area contributed by atoms with Crippen molar-refractivity contribution in [2.75, 3.05) is 18.4 Å². The molecule has 4 nitrogen and oxygen atoms in total. The summed E-state index contributed by atoms with van der Waals surface area (Å²) in [6.45, 7) is 5.15. The van der Waals surface area contributed by atoms with Crippen molar-refractivity contribution in [2.45, 2.75) is 33.1 Å². The maximum atomic E-state index is 12.8. The summed E-state index contributed by atoms with van der Waals surface area (Å²) in [5.74, 6) is -0.192. The Morgan fingerprint density at radius 3 is 2.50 bits per heavy atom. The van der Waals surface area contributed by atoms with Crippen LogP contribution in [0.25, 0.3) is 0 Å². The lowest BCUT2D eigenvalue weighted by atomic mass is 9.94. The van der Waals surface area contributed by atoms with Gasteiger partial charge < -0.3 is 10.2 Å². The molecule has 2 aromatic rings. The summed E-state index contributed by atoms with van der Waals surface area (Å²) in [4.78, 5) is 27.3. The molecule has 0 aliphatic carbocycles. The molecular weight excluding hydrogens is 395 g/mol. The van der Waals surface area contributed by atoms with E-state index in [1.807, 2.05) is 25.1 Å². The van der Waals surface area contributed by atoms with Crippen LogP contribution in [0.4, 0.5) is 5.69 Å². The number of aryl methyl sites for hydroxylation is 2. The smallest absolute Gasteiger partial charge is 0.255 e. The summed E-state index contributed by atoms with van der Waals surface area (Å²) in [6, 6.07) is 10.9. The molecule has 0 radical (unpaired) electrons. The molecule has 2 amide bonds. The van der Waals surface area contributed by atoms with E-state index >= 15 is 0 Å². The number of piperidine rings is 1. The fourth-order valence-electron chi connectivity index (χ4n) is 3.61. The Bertz CT molecular complexity index is 890. The van der Waals surface area contributed by atoms with Crippen molar-refractivity contribution in [3.63, 3.8) is 0 Å². The van der Waals surface area contributed by atoms with E-state index in [9.17, 15) is 9.59 Å². The van der Waals surface area contributed by atoms with Crippen molar-refractivity contribution >= 4 is 40.7 Å². The van der Waals surface area contributed by atoms with Gasteiger partial charge in [0.1, 0.15) is 0 Å². The number of hydrogen-bond acceptors (Lipinski definition) is 2. The van der Waals surface area contributed by atoms with Gasteiger partial charge in [-0.25, -0.2) is 0 Å². The van der Waals surface area contributed by atoms with Crippen LogP contribution in [0.15, 0.2) is 36.4 Å². The number of benzene rings is 2. The van der Waals surface area contributed by atoms with Crippen molar-refractivity contribution in [1.29, 1.82) is 0 Å². The number of nitrogens with zero attached hydrogens (tertiary/aromatic N) is 1. The Morgan fingerprint density at radius 1 is 1.14 bits per heavy atom. The van der Waals surface area contributed by atoms with E-state index in [1.165, 1.54) is 0 Å². The fraction of sp³-hybridized carbons (Fsp3) is 0.364. The lowest BCUT2D eigenvalue weighted by Gasteiger charge is -2.32. The van der Waals surface area contributed by atoms with Gasteiger partial charge in [0.2, 0.25) is 5.91 Å². The number of amides is 2. The van der Waals surface area contributed by atoms with E-state index in [-0.39, 0.29) is 17.7 Å². The molecule has 0 spiro atoms. The highest BCUT2D eigenvalue weighted by Crippen LogP contribution is 2.27. The van der Waals surface area contributed by atoms with Gasteiger partial charge in [-0.15, -0.1) is 0 Å². The first-order valence-corrected chi connectivity index (χ1v) is 10.3. The van der Waals surface area contributed by atoms with E-state index in [1.54, 1.807) is 23.1 Å². The molecule has 2 aromatic carbocycles. The van der Waals surface area contributed by atoms with Crippen LogP contribution in [-0.4, -0.2) is 29.8 Å². The van der Waals surface area contributed by atoms with Gasteiger partial charge in [0, 0.05) is 29.7 Å². The SMILES string of the molecule is CCc1cccc(C)c1NC(=O)C1CCN(C(=O)c2ccc(Cl)cc2Cl)CC1. The van der Waals surface area contributed by atoms with E-state index in [4.69, 9.17) is 23.2 Å². The molecule has 0 unspecified atom stereocenters. The minimum Gasteiger partial charge on any atom is -0.339 e. The third kappa shape index (κ3) is 4.50. The fourth-order valence-corrected chi connectivity index (χ4v) is 4.09. The maximum absolute atomic E-state index is 12.8. The zero-order chi connectivity index (χ0) is 20.3. The highest BCUT2D eigenvalue weighted by molar-refractivity contribution is 6.36. The Hall–Kier alpha value is -2.04. The molecule has 1 heterocycles. The minimum absolute atomic E-state index is 0.0284. The second-order valence-electron chi connectivity index (χ2n) is 7.14. The average molecular weight is 419 g/mol. The van der Waals surface area contributed by atoms with Gasteiger partial charge in [-0.2, -0.15) is 0 Å². The number of anilines is 1. The van der Waals surface area contributed by atoms with E-state index in [0.29, 0.717) is 41.5 Å². The maximum Gasteiger partial charge on any atom is 0.255 e. The first-order chi connectivity index (χ1) is 13.4. The Labute approximate surface area is 175 Å². The van der Waals surface area contributed by atoms with Gasteiger partial charge in [-0.3, -0.25) is 9.59 Å². The summed E-state index contributed by atoms with van der Waals surface area (Å²) < 4.78 is 0. The van der Waals surface area contributed by atoms with Crippen molar-refractivity contribution in [2.24, 2.45) is 5.92 Å². The number of para-hydroxylation sites is 1. The van der Waals surface area contributed by atoms with Gasteiger partial charge >= 0.3 is 0 Å². The number of halogens is 2. The molecule has 0 bridgehead atoms. The van der Waals surface area contributed by atoms with Crippen LogP contribution < -0.4 is 5.32 Å². The number of likely N-dealkylation sites (tertiary alicyclic amines) is 1. The Balaban J connectivity index is 1.62. The van der Waals surface area contributed by atoms with Crippen LogP contribution in [0.1, 0.15) is 41.3 Å². The van der Waals surface area contributed by atoms with Gasteiger partial charge in [0.15, 0.2) is 0 Å². The third-order valence-corrected chi connectivity index (χ3v) is 5.85. The zero-order valence-corrected chi connectivity index (χ0v) is 17.6. The summed E-state index contributed by atoms with van der Waals surface area (Å²) in [5.41, 5.74) is 3.57. The number of nitrogens with one attached hydrogen (secondary N) is 1. The van der Waals surface area contributed by atoms with E-state index in [2.05, 4.69) is 12.2 Å². The molecule has 0 aromatic heterocycles. The van der Waals surface area contributed by atoms with Crippen molar-refractivity contribution in [3.05, 3.63) is 63.1 Å². The van der Waals surface area contributed by atoms with Gasteiger partial charge in [-0.1, -0.05) is 48.3 Å². The molecule has 1 saturated heterocycles. The monoisotopic (exact) mass is 418 g/mol. The predicted molar refractivity (Wildman–Crippen MR) is 114 cm³/mol. The molecule has 6 heteroatoms. The summed E-state index contributed by atoms with van der Waals surface area (Å²) in [5, 5.41) is 3.96. The molecule has 28 heavy (non-hydrogen) atoms. The lowest BCUT2D eigenvalue weighted by molar-refractivity contribution is -0.121. The molecule has 1 aliphatic heterocycles. The Kier molecular flexibility index (Phi) is 6.63. The second-order valence-corrected chi connectivity index (χ2v) is 7.99. The quantitative estimate of drug-likeness (QED) is 0.726. The van der Waals surface area contributed by atoms with Gasteiger partial charge in [0.05, 0.1) is 10.6 Å². The molecule has 0 atom stereocenters. The van der Waals surface area contributed by atoms with E-state index in [0.717, 1.165) is 23.2 Å². The zero-order valence-electron chi connectivity index (χ0n) is 16.1. The Morgan fingerprint density at radius 2 is 1.86 bits per heavy atom. The first-order valence-electron chi connectivity index (χ1n) is 9.54. The minimum atomic E-state index is -0.118. The first kappa shape index (κ1) is 20.7. The molecule has 148 valence electrons. The summed E-state index contributed by atoms with van der Waals surface area (Å²) >= 11 is 12.1. The van der Waals surface area contributed by atoms with Crippen LogP contribution >= 0.6 is 23.2 Å². The molecule has 1 N–H and O–H groups in total. The van der Waals surface area contributed by atoms with Gasteiger partial charge in [0.25, 0.3) is 5.91 Å². The van der Waals surface area contributed by atoms with Crippen molar-refractivity contribution in [3.8, 4) is 0 Å². The summed E-state index contributed by atoms with van der Waals surface area (Å²) in [6.07, 6.45) is 2.14. The molecule has 3 rings (SSSR count). The molecular formula is C22H24Cl2N2O2. The van der Waals surface area contributed by atoms with Crippen LogP contribution in [-0.2, 0) is 11.2 Å². The van der Waals surface area contributed by atoms with Crippen molar-refractivity contribution in [1.82, 2.24) is 4.90 Å². The number of carbonyl (C=O) groups is 2.